The summed E-state index contributed by atoms with van der Waals surface area (Å²) in [6, 6.07) is 13.2. The van der Waals surface area contributed by atoms with Gasteiger partial charge in [-0.05, 0) is 36.4 Å². The molecule has 0 fully saturated rings. The summed E-state index contributed by atoms with van der Waals surface area (Å²) in [4.78, 5) is 36.9. The summed E-state index contributed by atoms with van der Waals surface area (Å²) < 4.78 is 31.5. The first kappa shape index (κ1) is 24.1. The molecule has 3 aromatic rings. The molecule has 9 nitrogen and oxygen atoms in total. The maximum absolute atomic E-state index is 12.7. The van der Waals surface area contributed by atoms with Crippen molar-refractivity contribution in [2.24, 2.45) is 0 Å². The Bertz CT molecular complexity index is 1170. The van der Waals surface area contributed by atoms with Gasteiger partial charge in [0.2, 0.25) is 0 Å². The van der Waals surface area contributed by atoms with Gasteiger partial charge in [0.25, 0.3) is 0 Å². The summed E-state index contributed by atoms with van der Waals surface area (Å²) in [6.07, 6.45) is 0.521. The fraction of sp³-hybridized carbons (Fsp3) is 0.160. The van der Waals surface area contributed by atoms with Crippen LogP contribution in [0.15, 0.2) is 54.6 Å². The van der Waals surface area contributed by atoms with Crippen LogP contribution in [0, 0.1) is 0 Å². The third kappa shape index (κ3) is 5.63. The Hall–Kier alpha value is -4.53. The van der Waals surface area contributed by atoms with Crippen LogP contribution in [0.5, 0.6) is 34.5 Å². The second kappa shape index (κ2) is 10.9. The molecule has 0 spiro atoms. The van der Waals surface area contributed by atoms with Crippen LogP contribution in [0.2, 0.25) is 0 Å². The molecule has 0 bridgehead atoms. The number of benzene rings is 3. The van der Waals surface area contributed by atoms with E-state index >= 15 is 0 Å². The number of carbonyl (C=O) groups excluding carboxylic acids is 3. The number of methoxy groups -OCH3 is 4. The molecule has 0 saturated carbocycles. The van der Waals surface area contributed by atoms with E-state index in [9.17, 15) is 14.4 Å². The summed E-state index contributed by atoms with van der Waals surface area (Å²) >= 11 is 0. The summed E-state index contributed by atoms with van der Waals surface area (Å²) in [5.74, 6) is 0.0967. The van der Waals surface area contributed by atoms with Crippen molar-refractivity contribution in [3.63, 3.8) is 0 Å². The van der Waals surface area contributed by atoms with Crippen molar-refractivity contribution in [2.45, 2.75) is 0 Å². The molecular weight excluding hydrogens is 444 g/mol. The van der Waals surface area contributed by atoms with Gasteiger partial charge in [-0.25, -0.2) is 9.59 Å². The van der Waals surface area contributed by atoms with Gasteiger partial charge < -0.3 is 28.4 Å². The lowest BCUT2D eigenvalue weighted by Gasteiger charge is -2.12. The van der Waals surface area contributed by atoms with Crippen LogP contribution in [-0.4, -0.2) is 46.7 Å². The molecule has 3 rings (SSSR count). The fourth-order valence-electron chi connectivity index (χ4n) is 2.94. The molecule has 0 N–H and O–H groups in total. The first-order chi connectivity index (χ1) is 16.4. The number of hydrogen-bond acceptors (Lipinski definition) is 9. The summed E-state index contributed by atoms with van der Waals surface area (Å²) in [5.41, 5.74) is 0.405. The van der Waals surface area contributed by atoms with Gasteiger partial charge in [-0.15, -0.1) is 0 Å². The highest BCUT2D eigenvalue weighted by atomic mass is 16.5. The first-order valence-corrected chi connectivity index (χ1v) is 9.90. The van der Waals surface area contributed by atoms with Crippen molar-refractivity contribution in [3.05, 3.63) is 71.3 Å². The SMILES string of the molecule is COc1cc(OC)cc(C(=O)Oc2ccc(C=O)c(OC(=O)c3cc(OC)cc(OC)c3)c2)c1. The van der Waals surface area contributed by atoms with Crippen molar-refractivity contribution in [2.75, 3.05) is 28.4 Å². The van der Waals surface area contributed by atoms with Crippen molar-refractivity contribution >= 4 is 18.2 Å². The Kier molecular flexibility index (Phi) is 7.71. The van der Waals surface area contributed by atoms with E-state index in [1.54, 1.807) is 12.1 Å². The highest BCUT2D eigenvalue weighted by Crippen LogP contribution is 2.29. The van der Waals surface area contributed by atoms with Gasteiger partial charge in [-0.2, -0.15) is 0 Å². The number of carbonyl (C=O) groups is 3. The van der Waals surface area contributed by atoms with Gasteiger partial charge in [-0.3, -0.25) is 4.79 Å². The topological polar surface area (TPSA) is 107 Å². The molecule has 0 aliphatic carbocycles. The average molecular weight is 466 g/mol. The quantitative estimate of drug-likeness (QED) is 0.263. The van der Waals surface area contributed by atoms with Crippen LogP contribution in [0.1, 0.15) is 31.1 Å². The monoisotopic (exact) mass is 466 g/mol. The van der Waals surface area contributed by atoms with Gasteiger partial charge in [0.05, 0.1) is 45.1 Å². The molecule has 9 heteroatoms. The number of hydrogen-bond donors (Lipinski definition) is 0. The Labute approximate surface area is 195 Å². The lowest BCUT2D eigenvalue weighted by molar-refractivity contribution is 0.0731. The molecule has 0 amide bonds. The standard InChI is InChI=1S/C25H22O9/c1-29-19-7-16(8-20(11-19)30-2)24(27)33-18-6-5-15(14-26)23(13-18)34-25(28)17-9-21(31-3)12-22(10-17)32-4/h5-14H,1-4H3. The van der Waals surface area contributed by atoms with Crippen molar-refractivity contribution < 1.29 is 42.8 Å². The van der Waals surface area contributed by atoms with E-state index in [2.05, 4.69) is 0 Å². The van der Waals surface area contributed by atoms with Gasteiger partial charge >= 0.3 is 11.9 Å². The zero-order valence-corrected chi connectivity index (χ0v) is 18.9. The Morgan fingerprint density at radius 3 is 1.44 bits per heavy atom. The number of aldehydes is 1. The molecule has 176 valence electrons. The van der Waals surface area contributed by atoms with E-state index in [0.29, 0.717) is 29.3 Å². The Morgan fingerprint density at radius 2 is 1.03 bits per heavy atom. The molecule has 0 aliphatic rings. The Balaban J connectivity index is 1.86. The second-order valence-corrected chi connectivity index (χ2v) is 6.80. The van der Waals surface area contributed by atoms with E-state index < -0.39 is 11.9 Å². The van der Waals surface area contributed by atoms with Gasteiger partial charge in [0.15, 0.2) is 6.29 Å². The molecule has 0 saturated heterocycles. The van der Waals surface area contributed by atoms with Gasteiger partial charge in [-0.1, -0.05) is 0 Å². The van der Waals surface area contributed by atoms with Crippen LogP contribution >= 0.6 is 0 Å². The molecule has 0 atom stereocenters. The molecule has 0 heterocycles. The first-order valence-electron chi connectivity index (χ1n) is 9.90. The van der Waals surface area contributed by atoms with Gasteiger partial charge in [0.1, 0.15) is 34.5 Å². The van der Waals surface area contributed by atoms with Crippen LogP contribution in [0.4, 0.5) is 0 Å². The minimum Gasteiger partial charge on any atom is -0.497 e. The van der Waals surface area contributed by atoms with E-state index in [1.807, 2.05) is 0 Å². The number of rotatable bonds is 9. The Morgan fingerprint density at radius 1 is 0.588 bits per heavy atom. The maximum Gasteiger partial charge on any atom is 0.343 e. The van der Waals surface area contributed by atoms with Crippen LogP contribution in [0.3, 0.4) is 0 Å². The van der Waals surface area contributed by atoms with Gasteiger partial charge in [0, 0.05) is 18.2 Å². The van der Waals surface area contributed by atoms with E-state index in [0.717, 1.165) is 0 Å². The normalized spacial score (nSPS) is 10.1. The molecular formula is C25H22O9. The van der Waals surface area contributed by atoms with Crippen molar-refractivity contribution in [1.82, 2.24) is 0 Å². The minimum atomic E-state index is -0.763. The average Bonchev–Trinajstić information content (AvgIpc) is 2.87. The number of ether oxygens (including phenoxy) is 6. The zero-order chi connectivity index (χ0) is 24.7. The predicted octanol–water partition coefficient (Wildman–Crippen LogP) is 3.97. The largest absolute Gasteiger partial charge is 0.497 e. The van der Waals surface area contributed by atoms with Crippen LogP contribution < -0.4 is 28.4 Å². The highest BCUT2D eigenvalue weighted by Gasteiger charge is 2.17. The molecule has 0 radical (unpaired) electrons. The maximum atomic E-state index is 12.7. The lowest BCUT2D eigenvalue weighted by Crippen LogP contribution is -2.12. The lowest BCUT2D eigenvalue weighted by atomic mass is 10.2. The molecule has 34 heavy (non-hydrogen) atoms. The number of esters is 2. The molecule has 0 unspecified atom stereocenters. The summed E-state index contributed by atoms with van der Waals surface area (Å²) in [5, 5.41) is 0. The van der Waals surface area contributed by atoms with Crippen LogP contribution in [-0.2, 0) is 0 Å². The van der Waals surface area contributed by atoms with Crippen LogP contribution in [0.25, 0.3) is 0 Å². The van der Waals surface area contributed by atoms with Crippen molar-refractivity contribution in [1.29, 1.82) is 0 Å². The third-order valence-corrected chi connectivity index (χ3v) is 4.70. The van der Waals surface area contributed by atoms with E-state index in [-0.39, 0.29) is 28.2 Å². The van der Waals surface area contributed by atoms with E-state index in [4.69, 9.17) is 28.4 Å². The van der Waals surface area contributed by atoms with Crippen molar-refractivity contribution in [3.8, 4) is 34.5 Å². The van der Waals surface area contributed by atoms with E-state index in [1.165, 1.54) is 70.9 Å². The predicted molar refractivity (Wildman–Crippen MR) is 121 cm³/mol. The third-order valence-electron chi connectivity index (χ3n) is 4.70. The smallest absolute Gasteiger partial charge is 0.343 e. The minimum absolute atomic E-state index is 0.0587. The molecule has 0 aromatic heterocycles. The second-order valence-electron chi connectivity index (χ2n) is 6.80. The zero-order valence-electron chi connectivity index (χ0n) is 18.9. The highest BCUT2D eigenvalue weighted by molar-refractivity contribution is 5.94. The molecule has 0 aliphatic heterocycles. The summed E-state index contributed by atoms with van der Waals surface area (Å²) in [7, 11) is 5.81. The summed E-state index contributed by atoms with van der Waals surface area (Å²) in [6.45, 7) is 0. The molecule has 3 aromatic carbocycles. The fourth-order valence-corrected chi connectivity index (χ4v) is 2.94.